The lowest BCUT2D eigenvalue weighted by atomic mass is 9.99. The molecule has 1 aliphatic rings. The highest BCUT2D eigenvalue weighted by molar-refractivity contribution is 5.44. The molecule has 0 aliphatic heterocycles. The van der Waals surface area contributed by atoms with Crippen LogP contribution in [0.2, 0.25) is 0 Å². The number of aromatic hydroxyl groups is 2. The largest absolute Gasteiger partial charge is 0.504 e. The topological polar surface area (TPSA) is 52.5 Å². The Labute approximate surface area is 102 Å². The zero-order valence-corrected chi connectivity index (χ0v) is 10.3. The summed E-state index contributed by atoms with van der Waals surface area (Å²) in [6.07, 6.45) is 5.29. The fourth-order valence-corrected chi connectivity index (χ4v) is 2.62. The van der Waals surface area contributed by atoms with E-state index in [0.717, 1.165) is 11.5 Å². The first-order chi connectivity index (χ1) is 8.18. The van der Waals surface area contributed by atoms with Crippen molar-refractivity contribution in [3.05, 3.63) is 23.8 Å². The fraction of sp³-hybridized carbons (Fsp3) is 0.571. The molecule has 3 heteroatoms. The van der Waals surface area contributed by atoms with Crippen molar-refractivity contribution in [3.8, 4) is 11.5 Å². The van der Waals surface area contributed by atoms with Crippen molar-refractivity contribution in [1.82, 2.24) is 5.32 Å². The zero-order chi connectivity index (χ0) is 12.3. The Hall–Kier alpha value is -1.22. The van der Waals surface area contributed by atoms with Gasteiger partial charge in [-0.3, -0.25) is 0 Å². The highest BCUT2D eigenvalue weighted by Crippen LogP contribution is 2.30. The van der Waals surface area contributed by atoms with Crippen LogP contribution in [0.4, 0.5) is 0 Å². The molecule has 17 heavy (non-hydrogen) atoms. The summed E-state index contributed by atoms with van der Waals surface area (Å²) in [6, 6.07) is 5.56. The van der Waals surface area contributed by atoms with Gasteiger partial charge in [0.15, 0.2) is 11.5 Å². The van der Waals surface area contributed by atoms with Gasteiger partial charge in [-0.15, -0.1) is 0 Å². The Bertz CT molecular complexity index is 372. The van der Waals surface area contributed by atoms with Crippen molar-refractivity contribution in [2.45, 2.75) is 45.2 Å². The summed E-state index contributed by atoms with van der Waals surface area (Å²) in [5.41, 5.74) is 0.759. The lowest BCUT2D eigenvalue weighted by Crippen LogP contribution is -2.31. The van der Waals surface area contributed by atoms with E-state index in [1.807, 2.05) is 6.07 Å². The number of rotatable bonds is 4. The second-order valence-corrected chi connectivity index (χ2v) is 5.00. The SMILES string of the molecule is C[C@@H](NCc1cccc(O)c1O)C1CCCC1. The molecule has 0 saturated heterocycles. The summed E-state index contributed by atoms with van der Waals surface area (Å²) < 4.78 is 0. The van der Waals surface area contributed by atoms with E-state index in [-0.39, 0.29) is 11.5 Å². The van der Waals surface area contributed by atoms with E-state index in [1.165, 1.54) is 31.7 Å². The van der Waals surface area contributed by atoms with Gasteiger partial charge in [0.25, 0.3) is 0 Å². The van der Waals surface area contributed by atoms with Gasteiger partial charge in [-0.25, -0.2) is 0 Å². The molecule has 1 saturated carbocycles. The third kappa shape index (κ3) is 2.91. The van der Waals surface area contributed by atoms with Crippen LogP contribution in [0, 0.1) is 5.92 Å². The summed E-state index contributed by atoms with van der Waals surface area (Å²) in [5.74, 6) is 0.714. The quantitative estimate of drug-likeness (QED) is 0.703. The van der Waals surface area contributed by atoms with Gasteiger partial charge in [-0.1, -0.05) is 25.0 Å². The van der Waals surface area contributed by atoms with Crippen molar-refractivity contribution in [2.24, 2.45) is 5.92 Å². The van der Waals surface area contributed by atoms with Crippen LogP contribution in [0.3, 0.4) is 0 Å². The summed E-state index contributed by atoms with van der Waals surface area (Å²) >= 11 is 0. The molecule has 1 fully saturated rings. The van der Waals surface area contributed by atoms with Crippen LogP contribution in [0.1, 0.15) is 38.2 Å². The molecule has 1 aliphatic carbocycles. The summed E-state index contributed by atoms with van der Waals surface area (Å²) in [7, 11) is 0. The second kappa shape index (κ2) is 5.41. The van der Waals surface area contributed by atoms with Crippen LogP contribution in [-0.4, -0.2) is 16.3 Å². The van der Waals surface area contributed by atoms with Gasteiger partial charge >= 0.3 is 0 Å². The smallest absolute Gasteiger partial charge is 0.161 e. The average molecular weight is 235 g/mol. The van der Waals surface area contributed by atoms with Gasteiger partial charge in [0.05, 0.1) is 0 Å². The number of benzene rings is 1. The molecule has 0 aromatic heterocycles. The second-order valence-electron chi connectivity index (χ2n) is 5.00. The minimum absolute atomic E-state index is 0.00128. The minimum Gasteiger partial charge on any atom is -0.504 e. The minimum atomic E-state index is -0.0437. The first kappa shape index (κ1) is 12.2. The zero-order valence-electron chi connectivity index (χ0n) is 10.3. The number of hydrogen-bond acceptors (Lipinski definition) is 3. The molecule has 3 nitrogen and oxygen atoms in total. The van der Waals surface area contributed by atoms with Crippen LogP contribution in [0.15, 0.2) is 18.2 Å². The predicted octanol–water partition coefficient (Wildman–Crippen LogP) is 2.77. The average Bonchev–Trinajstić information content (AvgIpc) is 2.84. The van der Waals surface area contributed by atoms with Gasteiger partial charge < -0.3 is 15.5 Å². The molecule has 94 valence electrons. The highest BCUT2D eigenvalue weighted by Gasteiger charge is 2.21. The predicted molar refractivity (Wildman–Crippen MR) is 68.0 cm³/mol. The van der Waals surface area contributed by atoms with E-state index in [1.54, 1.807) is 6.07 Å². The van der Waals surface area contributed by atoms with Crippen LogP contribution in [0.25, 0.3) is 0 Å². The number of hydrogen-bond donors (Lipinski definition) is 3. The van der Waals surface area contributed by atoms with Crippen molar-refractivity contribution >= 4 is 0 Å². The van der Waals surface area contributed by atoms with E-state index in [2.05, 4.69) is 12.2 Å². The van der Waals surface area contributed by atoms with E-state index < -0.39 is 0 Å². The first-order valence-electron chi connectivity index (χ1n) is 6.41. The van der Waals surface area contributed by atoms with Gasteiger partial charge in [0.1, 0.15) is 0 Å². The Morgan fingerprint density at radius 2 is 2.00 bits per heavy atom. The third-order valence-corrected chi connectivity index (χ3v) is 3.82. The molecular weight excluding hydrogens is 214 g/mol. The van der Waals surface area contributed by atoms with Crippen LogP contribution >= 0.6 is 0 Å². The van der Waals surface area contributed by atoms with Gasteiger partial charge in [0.2, 0.25) is 0 Å². The molecule has 2 rings (SSSR count). The lowest BCUT2D eigenvalue weighted by molar-refractivity contribution is 0.369. The van der Waals surface area contributed by atoms with Gasteiger partial charge in [-0.2, -0.15) is 0 Å². The molecule has 1 aromatic rings. The van der Waals surface area contributed by atoms with Crippen LogP contribution in [-0.2, 0) is 6.54 Å². The monoisotopic (exact) mass is 235 g/mol. The molecule has 0 radical (unpaired) electrons. The molecule has 0 spiro atoms. The maximum Gasteiger partial charge on any atom is 0.161 e. The molecule has 1 aromatic carbocycles. The number of phenols is 2. The van der Waals surface area contributed by atoms with E-state index in [4.69, 9.17) is 0 Å². The molecule has 0 bridgehead atoms. The van der Waals surface area contributed by atoms with E-state index in [9.17, 15) is 10.2 Å². The Balaban J connectivity index is 1.90. The van der Waals surface area contributed by atoms with Crippen LogP contribution in [0.5, 0.6) is 11.5 Å². The van der Waals surface area contributed by atoms with Crippen molar-refractivity contribution in [3.63, 3.8) is 0 Å². The normalized spacial score (nSPS) is 18.4. The maximum absolute atomic E-state index is 9.69. The molecule has 0 heterocycles. The molecule has 0 unspecified atom stereocenters. The van der Waals surface area contributed by atoms with Crippen molar-refractivity contribution in [2.75, 3.05) is 0 Å². The van der Waals surface area contributed by atoms with E-state index in [0.29, 0.717) is 12.6 Å². The molecule has 3 N–H and O–H groups in total. The summed E-state index contributed by atoms with van der Waals surface area (Å²) in [5, 5.41) is 22.5. The Morgan fingerprint density at radius 3 is 2.71 bits per heavy atom. The lowest BCUT2D eigenvalue weighted by Gasteiger charge is -2.20. The van der Waals surface area contributed by atoms with E-state index >= 15 is 0 Å². The Morgan fingerprint density at radius 1 is 1.29 bits per heavy atom. The highest BCUT2D eigenvalue weighted by atomic mass is 16.3. The fourth-order valence-electron chi connectivity index (χ4n) is 2.62. The first-order valence-corrected chi connectivity index (χ1v) is 6.41. The Kier molecular flexibility index (Phi) is 3.89. The van der Waals surface area contributed by atoms with Crippen LogP contribution < -0.4 is 5.32 Å². The van der Waals surface area contributed by atoms with Crippen molar-refractivity contribution in [1.29, 1.82) is 0 Å². The molecule has 0 amide bonds. The number of para-hydroxylation sites is 1. The molecular formula is C14H21NO2. The number of nitrogens with one attached hydrogen (secondary N) is 1. The molecule has 1 atom stereocenters. The number of phenolic OH excluding ortho intramolecular Hbond substituents is 2. The van der Waals surface area contributed by atoms with Gasteiger partial charge in [-0.05, 0) is 31.7 Å². The summed E-state index contributed by atoms with van der Waals surface area (Å²) in [4.78, 5) is 0. The standard InChI is InChI=1S/C14H21NO2/c1-10(11-5-2-3-6-11)15-9-12-7-4-8-13(16)14(12)17/h4,7-8,10-11,15-17H,2-3,5-6,9H2,1H3/t10-/m1/s1. The van der Waals surface area contributed by atoms with Crippen molar-refractivity contribution < 1.29 is 10.2 Å². The third-order valence-electron chi connectivity index (χ3n) is 3.82. The van der Waals surface area contributed by atoms with Gasteiger partial charge in [0, 0.05) is 18.2 Å². The maximum atomic E-state index is 9.69. The summed E-state index contributed by atoms with van der Waals surface area (Å²) in [6.45, 7) is 2.81.